The number of halogens is 3. The zero-order valence-electron chi connectivity index (χ0n) is 15.1. The van der Waals surface area contributed by atoms with Gasteiger partial charge in [-0.25, -0.2) is 26.3 Å². The number of hydrogen-bond donors (Lipinski definition) is 2. The third-order valence-corrected chi connectivity index (χ3v) is 6.32. The minimum absolute atomic E-state index is 0.0115. The molecule has 3 rings (SSSR count). The number of carbonyl (C=O) groups is 1. The summed E-state index contributed by atoms with van der Waals surface area (Å²) in [6, 6.07) is 5.23. The molecule has 0 unspecified atom stereocenters. The van der Waals surface area contributed by atoms with E-state index in [0.29, 0.717) is 17.7 Å². The number of sulfonamides is 1. The molecule has 0 aromatic heterocycles. The third kappa shape index (κ3) is 4.36. The molecule has 9 heteroatoms. The fourth-order valence-corrected chi connectivity index (χ4v) is 4.76. The first-order valence-corrected chi connectivity index (χ1v) is 10.2. The molecule has 0 heterocycles. The van der Waals surface area contributed by atoms with Crippen LogP contribution in [0.4, 0.5) is 18.9 Å². The molecule has 0 atom stereocenters. The predicted molar refractivity (Wildman–Crippen MR) is 98.0 cm³/mol. The number of carbonyl (C=O) groups excluding carboxylic acids is 1. The smallest absolute Gasteiger partial charge is 0.255 e. The number of aryl methyl sites for hydroxylation is 1. The first kappa shape index (κ1) is 20.3. The van der Waals surface area contributed by atoms with E-state index in [-0.39, 0.29) is 22.2 Å². The predicted octanol–water partition coefficient (Wildman–Crippen LogP) is 3.89. The monoisotopic (exact) mass is 412 g/mol. The molecule has 1 aliphatic carbocycles. The van der Waals surface area contributed by atoms with E-state index in [4.69, 9.17) is 0 Å². The second-order valence-electron chi connectivity index (χ2n) is 6.79. The van der Waals surface area contributed by atoms with Crippen molar-refractivity contribution in [3.63, 3.8) is 0 Å². The Bertz CT molecular complexity index is 996. The summed E-state index contributed by atoms with van der Waals surface area (Å²) in [5, 5.41) is 2.24. The molecule has 0 saturated heterocycles. The van der Waals surface area contributed by atoms with Gasteiger partial charge in [-0.2, -0.15) is 0 Å². The minimum Gasteiger partial charge on any atom is -0.322 e. The van der Waals surface area contributed by atoms with Crippen molar-refractivity contribution in [2.24, 2.45) is 0 Å². The summed E-state index contributed by atoms with van der Waals surface area (Å²) in [6.07, 6.45) is 3.44. The van der Waals surface area contributed by atoms with E-state index in [9.17, 15) is 26.4 Å². The van der Waals surface area contributed by atoms with Crippen LogP contribution in [0.15, 0.2) is 35.2 Å². The SMILES string of the molecule is Cc1ccc(C(=O)Nc2cc(F)c(F)c(F)c2)cc1S(=O)(=O)NC1CCCC1. The van der Waals surface area contributed by atoms with Crippen LogP contribution >= 0.6 is 0 Å². The average molecular weight is 412 g/mol. The Morgan fingerprint density at radius 2 is 1.64 bits per heavy atom. The molecule has 1 saturated carbocycles. The maximum atomic E-state index is 13.3. The van der Waals surface area contributed by atoms with Gasteiger partial charge >= 0.3 is 0 Å². The molecule has 2 N–H and O–H groups in total. The van der Waals surface area contributed by atoms with Crippen molar-refractivity contribution in [1.29, 1.82) is 0 Å². The lowest BCUT2D eigenvalue weighted by molar-refractivity contribution is 0.102. The Morgan fingerprint density at radius 3 is 2.25 bits per heavy atom. The standard InChI is InChI=1S/C19H19F3N2O3S/c1-11-6-7-12(8-17(11)28(26,27)24-13-4-2-3-5-13)19(25)23-14-9-15(20)18(22)16(21)10-14/h6-10,13,24H,2-5H2,1H3,(H,23,25). The second kappa shape index (κ2) is 7.92. The topological polar surface area (TPSA) is 75.3 Å². The lowest BCUT2D eigenvalue weighted by Crippen LogP contribution is -2.33. The van der Waals surface area contributed by atoms with Crippen LogP contribution in [-0.2, 0) is 10.0 Å². The van der Waals surface area contributed by atoms with Gasteiger partial charge in [-0.05, 0) is 37.5 Å². The highest BCUT2D eigenvalue weighted by molar-refractivity contribution is 7.89. The number of rotatable bonds is 5. The van der Waals surface area contributed by atoms with E-state index in [0.717, 1.165) is 25.7 Å². The number of anilines is 1. The van der Waals surface area contributed by atoms with E-state index in [1.165, 1.54) is 18.2 Å². The zero-order chi connectivity index (χ0) is 20.5. The fraction of sp³-hybridized carbons (Fsp3) is 0.316. The van der Waals surface area contributed by atoms with E-state index in [1.54, 1.807) is 6.92 Å². The van der Waals surface area contributed by atoms with E-state index in [1.807, 2.05) is 0 Å². The van der Waals surface area contributed by atoms with Crippen molar-refractivity contribution in [1.82, 2.24) is 4.72 Å². The normalized spacial score (nSPS) is 15.0. The van der Waals surface area contributed by atoms with Gasteiger partial charge in [0, 0.05) is 29.4 Å². The summed E-state index contributed by atoms with van der Waals surface area (Å²) in [6.45, 7) is 1.61. The second-order valence-corrected chi connectivity index (χ2v) is 8.47. The van der Waals surface area contributed by atoms with Gasteiger partial charge in [0.2, 0.25) is 10.0 Å². The Hall–Kier alpha value is -2.39. The number of amides is 1. The summed E-state index contributed by atoms with van der Waals surface area (Å²) in [5.74, 6) is -5.30. The molecular weight excluding hydrogens is 393 g/mol. The van der Waals surface area contributed by atoms with Crippen molar-refractivity contribution in [3.8, 4) is 0 Å². The van der Waals surface area contributed by atoms with Crippen LogP contribution in [-0.4, -0.2) is 20.4 Å². The van der Waals surface area contributed by atoms with E-state index in [2.05, 4.69) is 10.0 Å². The van der Waals surface area contributed by atoms with E-state index >= 15 is 0 Å². The highest BCUT2D eigenvalue weighted by Crippen LogP contribution is 2.23. The largest absolute Gasteiger partial charge is 0.322 e. The Balaban J connectivity index is 1.85. The average Bonchev–Trinajstić information content (AvgIpc) is 3.12. The molecule has 1 amide bonds. The van der Waals surface area contributed by atoms with Crippen LogP contribution in [0.25, 0.3) is 0 Å². The van der Waals surface area contributed by atoms with Gasteiger partial charge in [0.05, 0.1) is 4.90 Å². The van der Waals surface area contributed by atoms with Gasteiger partial charge in [-0.15, -0.1) is 0 Å². The van der Waals surface area contributed by atoms with Gasteiger partial charge in [0.1, 0.15) is 0 Å². The lowest BCUT2D eigenvalue weighted by atomic mass is 10.1. The third-order valence-electron chi connectivity index (χ3n) is 4.66. The molecule has 2 aromatic rings. The first-order valence-electron chi connectivity index (χ1n) is 8.76. The highest BCUT2D eigenvalue weighted by atomic mass is 32.2. The quantitative estimate of drug-likeness (QED) is 0.732. The van der Waals surface area contributed by atoms with Crippen molar-refractivity contribution in [2.45, 2.75) is 43.5 Å². The van der Waals surface area contributed by atoms with Crippen LogP contribution in [0.5, 0.6) is 0 Å². The number of hydrogen-bond acceptors (Lipinski definition) is 3. The molecule has 5 nitrogen and oxygen atoms in total. The lowest BCUT2D eigenvalue weighted by Gasteiger charge is -2.15. The highest BCUT2D eigenvalue weighted by Gasteiger charge is 2.25. The summed E-state index contributed by atoms with van der Waals surface area (Å²) in [7, 11) is -3.82. The maximum Gasteiger partial charge on any atom is 0.255 e. The van der Waals surface area contributed by atoms with Crippen LogP contribution in [0, 0.1) is 24.4 Å². The molecule has 150 valence electrons. The van der Waals surface area contributed by atoms with Gasteiger partial charge in [0.25, 0.3) is 5.91 Å². The molecule has 1 fully saturated rings. The first-order chi connectivity index (χ1) is 13.2. The maximum absolute atomic E-state index is 13.3. The molecule has 0 bridgehead atoms. The summed E-state index contributed by atoms with van der Waals surface area (Å²) >= 11 is 0. The van der Waals surface area contributed by atoms with Crippen LogP contribution in [0.3, 0.4) is 0 Å². The summed E-state index contributed by atoms with van der Waals surface area (Å²) in [4.78, 5) is 12.4. The molecule has 28 heavy (non-hydrogen) atoms. The van der Waals surface area contributed by atoms with Crippen LogP contribution in [0.2, 0.25) is 0 Å². The minimum atomic E-state index is -3.82. The molecule has 0 aliphatic heterocycles. The van der Waals surface area contributed by atoms with Crippen LogP contribution < -0.4 is 10.0 Å². The Kier molecular flexibility index (Phi) is 5.76. The van der Waals surface area contributed by atoms with E-state index < -0.39 is 33.4 Å². The zero-order valence-corrected chi connectivity index (χ0v) is 15.9. The Labute approximate surface area is 161 Å². The molecule has 2 aromatic carbocycles. The number of nitrogens with one attached hydrogen (secondary N) is 2. The Morgan fingerprint density at radius 1 is 1.04 bits per heavy atom. The summed E-state index contributed by atoms with van der Waals surface area (Å²) in [5.41, 5.74) is 0.166. The fourth-order valence-electron chi connectivity index (χ4n) is 3.19. The summed E-state index contributed by atoms with van der Waals surface area (Å²) < 4.78 is 67.7. The molecule has 0 radical (unpaired) electrons. The van der Waals surface area contributed by atoms with Gasteiger partial charge in [0.15, 0.2) is 17.5 Å². The number of benzene rings is 2. The van der Waals surface area contributed by atoms with Gasteiger partial charge < -0.3 is 5.32 Å². The van der Waals surface area contributed by atoms with Gasteiger partial charge in [-0.3, -0.25) is 4.79 Å². The van der Waals surface area contributed by atoms with Crippen molar-refractivity contribution >= 4 is 21.6 Å². The van der Waals surface area contributed by atoms with Crippen molar-refractivity contribution in [2.75, 3.05) is 5.32 Å². The van der Waals surface area contributed by atoms with Crippen molar-refractivity contribution in [3.05, 3.63) is 58.9 Å². The van der Waals surface area contributed by atoms with Gasteiger partial charge in [-0.1, -0.05) is 18.9 Å². The molecule has 0 spiro atoms. The molecular formula is C19H19F3N2O3S. The van der Waals surface area contributed by atoms with Crippen LogP contribution in [0.1, 0.15) is 41.6 Å². The van der Waals surface area contributed by atoms with Crippen molar-refractivity contribution < 1.29 is 26.4 Å². The molecule has 1 aliphatic rings.